The van der Waals surface area contributed by atoms with Crippen LogP contribution in [0.5, 0.6) is 0 Å². The molecule has 3 nitrogen and oxygen atoms in total. The minimum atomic E-state index is -2.70. The largest absolute Gasteiger partial charge is 0.469 e. The molecule has 2 saturated carbocycles. The summed E-state index contributed by atoms with van der Waals surface area (Å²) in [5, 5.41) is 2.43. The maximum absolute atomic E-state index is 12.8. The average molecular weight is 423 g/mol. The molecule has 0 saturated heterocycles. The normalized spacial score (nSPS) is 28.1. The lowest BCUT2D eigenvalue weighted by Crippen LogP contribution is -2.68. The minimum Gasteiger partial charge on any atom is -0.469 e. The Labute approximate surface area is 181 Å². The number of rotatable bonds is 6. The molecule has 0 aliphatic heterocycles. The van der Waals surface area contributed by atoms with E-state index in [0.29, 0.717) is 5.92 Å². The average Bonchev–Trinajstić information content (AvgIpc) is 3.39. The summed E-state index contributed by atoms with van der Waals surface area (Å²) in [5.74, 6) is 0.295. The van der Waals surface area contributed by atoms with Crippen molar-refractivity contribution >= 4 is 24.7 Å². The van der Waals surface area contributed by atoms with Gasteiger partial charge in [-0.05, 0) is 46.0 Å². The van der Waals surface area contributed by atoms with Gasteiger partial charge in [-0.2, -0.15) is 0 Å². The van der Waals surface area contributed by atoms with Gasteiger partial charge >= 0.3 is 5.97 Å². The molecular weight excluding hydrogens is 388 g/mol. The predicted octanol–water partition coefficient (Wildman–Crippen LogP) is 4.54. The number of fused-ring (bicyclic) bond motifs is 1. The van der Waals surface area contributed by atoms with Crippen LogP contribution in [0.1, 0.15) is 47.0 Å². The molecule has 2 aliphatic carbocycles. The third kappa shape index (κ3) is 3.16. The van der Waals surface area contributed by atoms with Crippen LogP contribution in [0.3, 0.4) is 0 Å². The fourth-order valence-corrected chi connectivity index (χ4v) is 10.8. The number of benzene rings is 2. The summed E-state index contributed by atoms with van der Waals surface area (Å²) < 4.78 is 12.7. The molecule has 2 fully saturated rings. The van der Waals surface area contributed by atoms with Crippen LogP contribution in [0, 0.1) is 17.3 Å². The molecule has 0 radical (unpaired) electrons. The van der Waals surface area contributed by atoms with Crippen LogP contribution in [0.25, 0.3) is 0 Å². The van der Waals surface area contributed by atoms with Crippen molar-refractivity contribution in [3.05, 3.63) is 60.7 Å². The lowest BCUT2D eigenvalue weighted by atomic mass is 9.91. The first-order valence-corrected chi connectivity index (χ1v) is 13.1. The lowest BCUT2D eigenvalue weighted by Gasteiger charge is -2.47. The van der Waals surface area contributed by atoms with Crippen molar-refractivity contribution in [1.29, 1.82) is 0 Å². The van der Waals surface area contributed by atoms with Crippen molar-refractivity contribution < 1.29 is 14.0 Å². The Bertz CT molecular complexity index is 846. The molecular formula is C26H34O3Si. The molecule has 4 unspecified atom stereocenters. The van der Waals surface area contributed by atoms with Gasteiger partial charge in [-0.1, -0.05) is 88.4 Å². The summed E-state index contributed by atoms with van der Waals surface area (Å²) in [6.45, 7) is 9.14. The molecule has 2 aliphatic rings. The molecule has 0 heterocycles. The molecule has 2 aromatic rings. The molecule has 4 atom stereocenters. The van der Waals surface area contributed by atoms with Gasteiger partial charge in [-0.15, -0.1) is 0 Å². The van der Waals surface area contributed by atoms with Crippen LogP contribution in [-0.2, 0) is 14.0 Å². The highest BCUT2D eigenvalue weighted by Gasteiger charge is 2.69. The van der Waals surface area contributed by atoms with Gasteiger partial charge in [0.15, 0.2) is 0 Å². The first kappa shape index (κ1) is 21.3. The first-order chi connectivity index (χ1) is 14.3. The monoisotopic (exact) mass is 422 g/mol. The fourth-order valence-electron chi connectivity index (χ4n) is 5.98. The first-order valence-electron chi connectivity index (χ1n) is 11.2. The van der Waals surface area contributed by atoms with Gasteiger partial charge in [0.25, 0.3) is 8.32 Å². The number of esters is 1. The van der Waals surface area contributed by atoms with E-state index >= 15 is 0 Å². The van der Waals surface area contributed by atoms with Gasteiger partial charge < -0.3 is 9.16 Å². The van der Waals surface area contributed by atoms with Crippen molar-refractivity contribution in [2.75, 3.05) is 7.11 Å². The number of methoxy groups -OCH3 is 1. The minimum absolute atomic E-state index is 0.0914. The second-order valence-corrected chi connectivity index (χ2v) is 14.3. The van der Waals surface area contributed by atoms with Crippen LogP contribution >= 0.6 is 0 Å². The van der Waals surface area contributed by atoms with Gasteiger partial charge in [0.05, 0.1) is 19.1 Å². The van der Waals surface area contributed by atoms with E-state index in [1.54, 1.807) is 0 Å². The van der Waals surface area contributed by atoms with E-state index in [0.717, 1.165) is 12.8 Å². The third-order valence-electron chi connectivity index (χ3n) is 7.63. The second-order valence-electron chi connectivity index (χ2n) is 10.1. The smallest absolute Gasteiger partial charge is 0.311 e. The van der Waals surface area contributed by atoms with Crippen molar-refractivity contribution in [2.45, 2.75) is 58.1 Å². The number of carbonyl (C=O) groups is 1. The molecule has 4 rings (SSSR count). The van der Waals surface area contributed by atoms with Crippen molar-refractivity contribution in [3.63, 3.8) is 0 Å². The summed E-state index contributed by atoms with van der Waals surface area (Å²) in [7, 11) is -1.20. The Hall–Kier alpha value is -1.91. The van der Waals surface area contributed by atoms with Gasteiger partial charge in [-0.25, -0.2) is 0 Å². The van der Waals surface area contributed by atoms with Crippen molar-refractivity contribution in [1.82, 2.24) is 0 Å². The molecule has 4 heteroatoms. The number of ether oxygens (including phenoxy) is 1. The van der Waals surface area contributed by atoms with Gasteiger partial charge in [0.2, 0.25) is 0 Å². The molecule has 2 aromatic carbocycles. The SMILES string of the molecule is CCC12CC1CC(C(=O)OC)C2O[Si](c1ccccc1)(c1ccccc1)C(C)(C)C. The van der Waals surface area contributed by atoms with E-state index in [-0.39, 0.29) is 28.4 Å². The highest BCUT2D eigenvalue weighted by molar-refractivity contribution is 6.99. The number of hydrogen-bond acceptors (Lipinski definition) is 3. The highest BCUT2D eigenvalue weighted by Crippen LogP contribution is 2.69. The maximum Gasteiger partial charge on any atom is 0.311 e. The topological polar surface area (TPSA) is 35.5 Å². The van der Waals surface area contributed by atoms with Crippen LogP contribution < -0.4 is 10.4 Å². The van der Waals surface area contributed by atoms with Crippen LogP contribution in [0.4, 0.5) is 0 Å². The van der Waals surface area contributed by atoms with E-state index in [2.05, 4.69) is 88.4 Å². The maximum atomic E-state index is 12.8. The van der Waals surface area contributed by atoms with Gasteiger partial charge in [-0.3, -0.25) is 4.79 Å². The van der Waals surface area contributed by atoms with E-state index in [9.17, 15) is 4.79 Å². The summed E-state index contributed by atoms with van der Waals surface area (Å²) in [6, 6.07) is 21.4. The molecule has 0 aromatic heterocycles. The fraction of sp³-hybridized carbons (Fsp3) is 0.500. The highest BCUT2D eigenvalue weighted by atomic mass is 28.4. The van der Waals surface area contributed by atoms with E-state index in [1.165, 1.54) is 23.9 Å². The standard InChI is InChI=1S/C26H34O3Si/c1-6-26-18-19(26)17-22(24(27)28-5)23(26)29-30(25(2,3)4,20-13-9-7-10-14-20)21-15-11-8-12-16-21/h7-16,19,22-23H,6,17-18H2,1-5H3. The quantitative estimate of drug-likeness (QED) is 0.506. The summed E-state index contributed by atoms with van der Waals surface area (Å²) in [5.41, 5.74) is 0.117. The molecule has 0 N–H and O–H groups in total. The van der Waals surface area contributed by atoms with Gasteiger partial charge in [0.1, 0.15) is 0 Å². The summed E-state index contributed by atoms with van der Waals surface area (Å²) in [4.78, 5) is 12.8. The Morgan fingerprint density at radius 3 is 2.00 bits per heavy atom. The lowest BCUT2D eigenvalue weighted by molar-refractivity contribution is -0.149. The summed E-state index contributed by atoms with van der Waals surface area (Å²) >= 11 is 0. The van der Waals surface area contributed by atoms with E-state index in [4.69, 9.17) is 9.16 Å². The zero-order valence-electron chi connectivity index (χ0n) is 18.9. The summed E-state index contributed by atoms with van der Waals surface area (Å²) in [6.07, 6.45) is 3.02. The zero-order chi connectivity index (χ0) is 21.6. The van der Waals surface area contributed by atoms with Crippen LogP contribution in [-0.4, -0.2) is 27.5 Å². The Kier molecular flexibility index (Phi) is 5.44. The van der Waals surface area contributed by atoms with Crippen molar-refractivity contribution in [3.8, 4) is 0 Å². The van der Waals surface area contributed by atoms with Crippen LogP contribution in [0.15, 0.2) is 60.7 Å². The third-order valence-corrected chi connectivity index (χ3v) is 12.6. The molecule has 0 amide bonds. The van der Waals surface area contributed by atoms with E-state index in [1.807, 2.05) is 0 Å². The van der Waals surface area contributed by atoms with Crippen LogP contribution in [0.2, 0.25) is 5.04 Å². The molecule has 0 spiro atoms. The number of hydrogen-bond donors (Lipinski definition) is 0. The predicted molar refractivity (Wildman–Crippen MR) is 123 cm³/mol. The molecule has 30 heavy (non-hydrogen) atoms. The number of carbonyl (C=O) groups excluding carboxylic acids is 1. The Morgan fingerprint density at radius 2 is 1.57 bits per heavy atom. The molecule has 160 valence electrons. The van der Waals surface area contributed by atoms with E-state index < -0.39 is 8.32 Å². The second kappa shape index (κ2) is 7.65. The zero-order valence-corrected chi connectivity index (χ0v) is 19.9. The Morgan fingerprint density at radius 1 is 1.03 bits per heavy atom. The molecule has 0 bridgehead atoms. The Balaban J connectivity index is 1.89. The van der Waals surface area contributed by atoms with Crippen molar-refractivity contribution in [2.24, 2.45) is 17.3 Å². The van der Waals surface area contributed by atoms with Gasteiger partial charge in [0, 0.05) is 0 Å².